The lowest BCUT2D eigenvalue weighted by molar-refractivity contribution is -0.140. The fourth-order valence-electron chi connectivity index (χ4n) is 3.57. The first kappa shape index (κ1) is 22.6. The van der Waals surface area contributed by atoms with Crippen LogP contribution in [0.3, 0.4) is 0 Å². The van der Waals surface area contributed by atoms with Crippen LogP contribution in [0.1, 0.15) is 42.6 Å². The van der Waals surface area contributed by atoms with Gasteiger partial charge in [0.15, 0.2) is 9.84 Å². The number of hydrogen-bond acceptors (Lipinski definition) is 3. The van der Waals surface area contributed by atoms with E-state index in [4.69, 9.17) is 4.74 Å². The summed E-state index contributed by atoms with van der Waals surface area (Å²) in [5.74, 6) is 0. The Morgan fingerprint density at radius 2 is 1.63 bits per heavy atom. The van der Waals surface area contributed by atoms with Gasteiger partial charge in [-0.15, -0.1) is 0 Å². The van der Waals surface area contributed by atoms with Gasteiger partial charge in [-0.2, -0.15) is 26.3 Å². The Kier molecular flexibility index (Phi) is 5.70. The maximum absolute atomic E-state index is 13.4. The van der Waals surface area contributed by atoms with E-state index in [9.17, 15) is 34.8 Å². The molecule has 0 aliphatic carbocycles. The summed E-state index contributed by atoms with van der Waals surface area (Å²) in [6.07, 6.45) is -10.9. The maximum Gasteiger partial charge on any atom is 0.416 e. The number of alkyl halides is 6. The fourth-order valence-corrected chi connectivity index (χ4v) is 5.41. The molecule has 0 bridgehead atoms. The van der Waals surface area contributed by atoms with Crippen LogP contribution in [-0.4, -0.2) is 19.8 Å². The molecule has 3 nitrogen and oxygen atoms in total. The average Bonchev–Trinajstić information content (AvgIpc) is 2.67. The first-order valence-corrected chi connectivity index (χ1v) is 10.4. The zero-order valence-electron chi connectivity index (χ0n) is 15.7. The third-order valence-electron chi connectivity index (χ3n) is 5.30. The van der Waals surface area contributed by atoms with Crippen molar-refractivity contribution < 1.29 is 39.5 Å². The summed E-state index contributed by atoms with van der Waals surface area (Å²) in [5.41, 5.74) is -2.25. The topological polar surface area (TPSA) is 43.4 Å². The normalized spacial score (nSPS) is 23.4. The van der Waals surface area contributed by atoms with E-state index in [0.717, 1.165) is 24.3 Å². The molecule has 0 amide bonds. The van der Waals surface area contributed by atoms with E-state index >= 15 is 0 Å². The number of ether oxygens (including phenoxy) is 1. The maximum atomic E-state index is 13.4. The molecule has 1 aliphatic rings. The Labute approximate surface area is 169 Å². The van der Waals surface area contributed by atoms with Crippen LogP contribution in [0.25, 0.3) is 0 Å². The lowest BCUT2D eigenvalue weighted by atomic mass is 9.90. The fraction of sp³-hybridized carbons (Fsp3) is 0.400. The average molecular weight is 452 g/mol. The van der Waals surface area contributed by atoms with Gasteiger partial charge in [-0.1, -0.05) is 24.3 Å². The molecule has 2 atom stereocenters. The molecule has 2 aromatic carbocycles. The lowest BCUT2D eigenvalue weighted by Gasteiger charge is -2.38. The molecule has 2 aromatic rings. The molecule has 1 aliphatic heterocycles. The van der Waals surface area contributed by atoms with Crippen molar-refractivity contribution in [3.8, 4) is 0 Å². The van der Waals surface area contributed by atoms with Gasteiger partial charge in [0, 0.05) is 6.61 Å². The molecule has 2 unspecified atom stereocenters. The number of hydrogen-bond donors (Lipinski definition) is 0. The molecule has 1 saturated heterocycles. The highest BCUT2D eigenvalue weighted by Crippen LogP contribution is 2.45. The molecule has 10 heteroatoms. The second-order valence-electron chi connectivity index (χ2n) is 7.38. The van der Waals surface area contributed by atoms with Crippen molar-refractivity contribution in [1.82, 2.24) is 0 Å². The molecular formula is C20H18F6O3S. The predicted molar refractivity (Wildman–Crippen MR) is 96.4 cm³/mol. The van der Waals surface area contributed by atoms with Crippen molar-refractivity contribution in [2.45, 2.75) is 47.9 Å². The van der Waals surface area contributed by atoms with Crippen LogP contribution in [0.2, 0.25) is 0 Å². The van der Waals surface area contributed by atoms with Crippen molar-refractivity contribution in [3.63, 3.8) is 0 Å². The minimum absolute atomic E-state index is 0.0593. The monoisotopic (exact) mass is 452 g/mol. The van der Waals surface area contributed by atoms with Crippen LogP contribution in [0, 0.1) is 0 Å². The highest BCUT2D eigenvalue weighted by molar-refractivity contribution is 7.92. The highest BCUT2D eigenvalue weighted by atomic mass is 32.2. The molecule has 0 aromatic heterocycles. The Balaban J connectivity index is 2.00. The second-order valence-corrected chi connectivity index (χ2v) is 9.84. The van der Waals surface area contributed by atoms with Gasteiger partial charge in [-0.05, 0) is 49.6 Å². The summed E-state index contributed by atoms with van der Waals surface area (Å²) in [5, 5.41) is 0. The lowest BCUT2D eigenvalue weighted by Crippen LogP contribution is -2.42. The Hall–Kier alpha value is -2.07. The molecule has 3 rings (SSSR count). The molecule has 0 saturated carbocycles. The van der Waals surface area contributed by atoms with Crippen LogP contribution in [0.15, 0.2) is 53.4 Å². The molecule has 30 heavy (non-hydrogen) atoms. The molecule has 1 heterocycles. The second kappa shape index (κ2) is 7.56. The number of sulfone groups is 1. The SMILES string of the molecule is CC1(S(=O)(=O)c2cccc(C(F)(F)F)c2)CCOC(c2ccccc2C(F)(F)F)C1. The van der Waals surface area contributed by atoms with Crippen molar-refractivity contribution in [2.24, 2.45) is 0 Å². The Bertz CT molecular complexity index is 1030. The van der Waals surface area contributed by atoms with Crippen molar-refractivity contribution in [3.05, 3.63) is 65.2 Å². The van der Waals surface area contributed by atoms with Gasteiger partial charge in [0.25, 0.3) is 0 Å². The van der Waals surface area contributed by atoms with Gasteiger partial charge in [0.2, 0.25) is 0 Å². The largest absolute Gasteiger partial charge is 0.416 e. The van der Waals surface area contributed by atoms with Crippen molar-refractivity contribution in [1.29, 1.82) is 0 Å². The van der Waals surface area contributed by atoms with Crippen LogP contribution in [0.4, 0.5) is 26.3 Å². The summed E-state index contributed by atoms with van der Waals surface area (Å²) in [6, 6.07) is 8.07. The summed E-state index contributed by atoms with van der Waals surface area (Å²) < 4.78 is 109. The first-order chi connectivity index (χ1) is 13.8. The third kappa shape index (κ3) is 4.20. The smallest absolute Gasteiger partial charge is 0.373 e. The van der Waals surface area contributed by atoms with E-state index in [1.807, 2.05) is 0 Å². The Morgan fingerprint density at radius 3 is 2.27 bits per heavy atom. The van der Waals surface area contributed by atoms with Crippen LogP contribution < -0.4 is 0 Å². The summed E-state index contributed by atoms with van der Waals surface area (Å²) in [7, 11) is -4.29. The zero-order valence-corrected chi connectivity index (χ0v) is 16.5. The highest BCUT2D eigenvalue weighted by Gasteiger charge is 2.47. The quantitative estimate of drug-likeness (QED) is 0.552. The van der Waals surface area contributed by atoms with Crippen LogP contribution in [-0.2, 0) is 26.9 Å². The van der Waals surface area contributed by atoms with E-state index in [0.29, 0.717) is 6.07 Å². The van der Waals surface area contributed by atoms with Gasteiger partial charge in [0.1, 0.15) is 0 Å². The van der Waals surface area contributed by atoms with E-state index in [1.165, 1.54) is 25.1 Å². The van der Waals surface area contributed by atoms with E-state index in [2.05, 4.69) is 0 Å². The summed E-state index contributed by atoms with van der Waals surface area (Å²) in [4.78, 5) is -0.524. The van der Waals surface area contributed by atoms with E-state index < -0.39 is 49.1 Å². The molecule has 164 valence electrons. The Morgan fingerprint density at radius 1 is 0.967 bits per heavy atom. The third-order valence-corrected chi connectivity index (χ3v) is 7.84. The number of rotatable bonds is 3. The zero-order chi connectivity index (χ0) is 22.4. The van der Waals surface area contributed by atoms with Gasteiger partial charge in [0.05, 0.1) is 26.9 Å². The summed E-state index contributed by atoms with van der Waals surface area (Å²) in [6.45, 7) is 1.18. The van der Waals surface area contributed by atoms with Crippen molar-refractivity contribution in [2.75, 3.05) is 6.61 Å². The minimum Gasteiger partial charge on any atom is -0.373 e. The predicted octanol–water partition coefficient (Wildman–Crippen LogP) is 5.81. The molecular weight excluding hydrogens is 434 g/mol. The molecule has 1 fully saturated rings. The van der Waals surface area contributed by atoms with Crippen LogP contribution >= 0.6 is 0 Å². The van der Waals surface area contributed by atoms with E-state index in [-0.39, 0.29) is 25.0 Å². The number of halogens is 6. The van der Waals surface area contributed by atoms with Gasteiger partial charge >= 0.3 is 12.4 Å². The van der Waals surface area contributed by atoms with Gasteiger partial charge in [-0.3, -0.25) is 0 Å². The molecule has 0 N–H and O–H groups in total. The van der Waals surface area contributed by atoms with Crippen molar-refractivity contribution >= 4 is 9.84 Å². The first-order valence-electron chi connectivity index (χ1n) is 8.95. The minimum atomic E-state index is -4.73. The molecule has 0 spiro atoms. The van der Waals surface area contributed by atoms with Gasteiger partial charge < -0.3 is 4.74 Å². The number of benzene rings is 2. The summed E-state index contributed by atoms with van der Waals surface area (Å²) >= 11 is 0. The standard InChI is InChI=1S/C20H18F6O3S/c1-18(30(27,28)14-6-4-5-13(11-14)19(21,22)23)9-10-29-17(12-18)15-7-2-3-8-16(15)20(24,25)26/h2-8,11,17H,9-10,12H2,1H3. The molecule has 0 radical (unpaired) electrons. The van der Waals surface area contributed by atoms with E-state index in [1.54, 1.807) is 0 Å². The van der Waals surface area contributed by atoms with Crippen LogP contribution in [0.5, 0.6) is 0 Å². The van der Waals surface area contributed by atoms with Gasteiger partial charge in [-0.25, -0.2) is 8.42 Å².